The molecule has 0 heterocycles. The predicted octanol–water partition coefficient (Wildman–Crippen LogP) is 5.25. The first-order valence-electron chi connectivity index (χ1n) is 11.8. The van der Waals surface area contributed by atoms with Crippen LogP contribution in [0.3, 0.4) is 0 Å². The van der Waals surface area contributed by atoms with E-state index in [1.54, 1.807) is 36.4 Å². The summed E-state index contributed by atoms with van der Waals surface area (Å²) in [5.74, 6) is -0.342. The van der Waals surface area contributed by atoms with Crippen LogP contribution in [0.25, 0.3) is 0 Å². The maximum Gasteiger partial charge on any atom is 0.264 e. The summed E-state index contributed by atoms with van der Waals surface area (Å²) in [7, 11) is -3.93. The SMILES string of the molecule is Cc1cccc(N(CC(=O)N[C@@H](C)c2ccc3c(c2)CCCC3)S(=O)(=O)c2ccccc2)c1C. The maximum absolute atomic E-state index is 13.6. The normalized spacial score (nSPS) is 14.2. The molecule has 0 radical (unpaired) electrons. The van der Waals surface area contributed by atoms with Gasteiger partial charge in [0.05, 0.1) is 16.6 Å². The first-order chi connectivity index (χ1) is 16.3. The number of nitrogens with one attached hydrogen (secondary N) is 1. The fourth-order valence-electron chi connectivity index (χ4n) is 4.55. The summed E-state index contributed by atoms with van der Waals surface area (Å²) < 4.78 is 28.4. The second-order valence-corrected chi connectivity index (χ2v) is 10.9. The number of aryl methyl sites for hydroxylation is 3. The number of anilines is 1. The quantitative estimate of drug-likeness (QED) is 0.506. The van der Waals surface area contributed by atoms with E-state index in [1.165, 1.54) is 28.3 Å². The number of fused-ring (bicyclic) bond motifs is 1. The fraction of sp³-hybridized carbons (Fsp3) is 0.321. The lowest BCUT2D eigenvalue weighted by Crippen LogP contribution is -2.42. The standard InChI is InChI=1S/C28H32N2O3S/c1-20-10-9-15-27(21(20)2)30(34(32,33)26-13-5-4-6-14-26)19-28(31)29-22(3)24-17-16-23-11-7-8-12-25(23)18-24/h4-6,9-10,13-18,22H,7-8,11-12,19H2,1-3H3,(H,29,31)/t22-/m0/s1. The first-order valence-corrected chi connectivity index (χ1v) is 13.3. The largest absolute Gasteiger partial charge is 0.348 e. The highest BCUT2D eigenvalue weighted by atomic mass is 32.2. The van der Waals surface area contributed by atoms with Gasteiger partial charge in [-0.15, -0.1) is 0 Å². The average Bonchev–Trinajstić information content (AvgIpc) is 2.84. The highest BCUT2D eigenvalue weighted by molar-refractivity contribution is 7.92. The molecule has 1 aliphatic carbocycles. The molecule has 1 N–H and O–H groups in total. The minimum absolute atomic E-state index is 0.159. The van der Waals surface area contributed by atoms with E-state index in [2.05, 4.69) is 23.5 Å². The van der Waals surface area contributed by atoms with E-state index in [4.69, 9.17) is 0 Å². The molecule has 0 unspecified atom stereocenters. The van der Waals surface area contributed by atoms with Crippen molar-refractivity contribution in [3.05, 3.63) is 94.5 Å². The van der Waals surface area contributed by atoms with Crippen molar-refractivity contribution in [3.8, 4) is 0 Å². The third-order valence-corrected chi connectivity index (χ3v) is 8.49. The molecule has 0 bridgehead atoms. The van der Waals surface area contributed by atoms with Crippen LogP contribution in [0.1, 0.15) is 53.6 Å². The van der Waals surface area contributed by atoms with Gasteiger partial charge >= 0.3 is 0 Å². The molecule has 3 aromatic carbocycles. The Morgan fingerprint density at radius 1 is 0.941 bits per heavy atom. The number of hydrogen-bond donors (Lipinski definition) is 1. The van der Waals surface area contributed by atoms with E-state index in [0.29, 0.717) is 5.69 Å². The molecule has 3 aromatic rings. The Morgan fingerprint density at radius 2 is 1.65 bits per heavy atom. The summed E-state index contributed by atoms with van der Waals surface area (Å²) in [6, 6.07) is 20.0. The number of carbonyl (C=O) groups is 1. The lowest BCUT2D eigenvalue weighted by atomic mass is 9.89. The summed E-state index contributed by atoms with van der Waals surface area (Å²) >= 11 is 0. The molecule has 0 aliphatic heterocycles. The Labute approximate surface area is 202 Å². The van der Waals surface area contributed by atoms with Crippen molar-refractivity contribution >= 4 is 21.6 Å². The maximum atomic E-state index is 13.6. The summed E-state index contributed by atoms with van der Waals surface area (Å²) in [6.45, 7) is 5.46. The van der Waals surface area contributed by atoms with Crippen molar-refractivity contribution in [2.45, 2.75) is 57.4 Å². The lowest BCUT2D eigenvalue weighted by molar-refractivity contribution is -0.120. The van der Waals surface area contributed by atoms with Gasteiger partial charge in [-0.3, -0.25) is 9.10 Å². The van der Waals surface area contributed by atoms with E-state index in [1.807, 2.05) is 32.9 Å². The monoisotopic (exact) mass is 476 g/mol. The van der Waals surface area contributed by atoms with Crippen LogP contribution >= 0.6 is 0 Å². The third kappa shape index (κ3) is 5.02. The minimum Gasteiger partial charge on any atom is -0.348 e. The second kappa shape index (κ2) is 10.0. The zero-order valence-corrected chi connectivity index (χ0v) is 20.9. The Kier molecular flexibility index (Phi) is 7.08. The zero-order valence-electron chi connectivity index (χ0n) is 20.0. The van der Waals surface area contributed by atoms with Crippen molar-refractivity contribution in [1.82, 2.24) is 5.32 Å². The molecule has 0 spiro atoms. The van der Waals surface area contributed by atoms with Gasteiger partial charge in [-0.2, -0.15) is 0 Å². The highest BCUT2D eigenvalue weighted by Crippen LogP contribution is 2.29. The smallest absolute Gasteiger partial charge is 0.264 e. The molecule has 0 saturated carbocycles. The van der Waals surface area contributed by atoms with Crippen LogP contribution in [0.2, 0.25) is 0 Å². The number of carbonyl (C=O) groups excluding carboxylic acids is 1. The van der Waals surface area contributed by atoms with Crippen LogP contribution in [0.4, 0.5) is 5.69 Å². The fourth-order valence-corrected chi connectivity index (χ4v) is 6.05. The van der Waals surface area contributed by atoms with Crippen molar-refractivity contribution in [2.24, 2.45) is 0 Å². The van der Waals surface area contributed by atoms with Crippen molar-refractivity contribution < 1.29 is 13.2 Å². The van der Waals surface area contributed by atoms with E-state index in [0.717, 1.165) is 29.5 Å². The Balaban J connectivity index is 1.60. The van der Waals surface area contributed by atoms with Gasteiger partial charge < -0.3 is 5.32 Å². The van der Waals surface area contributed by atoms with Gasteiger partial charge in [-0.25, -0.2) is 8.42 Å². The molecule has 1 atom stereocenters. The van der Waals surface area contributed by atoms with E-state index >= 15 is 0 Å². The number of amides is 1. The van der Waals surface area contributed by atoms with Crippen LogP contribution < -0.4 is 9.62 Å². The van der Waals surface area contributed by atoms with Gasteiger partial charge in [0.25, 0.3) is 10.0 Å². The van der Waals surface area contributed by atoms with Crippen LogP contribution in [0, 0.1) is 13.8 Å². The number of sulfonamides is 1. The Morgan fingerprint density at radius 3 is 2.38 bits per heavy atom. The molecular weight excluding hydrogens is 444 g/mol. The molecule has 0 saturated heterocycles. The summed E-state index contributed by atoms with van der Waals surface area (Å²) in [5, 5.41) is 3.02. The summed E-state index contributed by atoms with van der Waals surface area (Å²) in [5.41, 5.74) is 6.10. The van der Waals surface area contributed by atoms with Crippen LogP contribution in [-0.4, -0.2) is 20.9 Å². The molecule has 0 aromatic heterocycles. The van der Waals surface area contributed by atoms with Gasteiger partial charge in [0.2, 0.25) is 5.91 Å². The van der Waals surface area contributed by atoms with Crippen LogP contribution in [0.5, 0.6) is 0 Å². The molecule has 34 heavy (non-hydrogen) atoms. The number of hydrogen-bond acceptors (Lipinski definition) is 3. The predicted molar refractivity (Wildman–Crippen MR) is 137 cm³/mol. The van der Waals surface area contributed by atoms with Gasteiger partial charge in [-0.1, -0.05) is 48.5 Å². The molecule has 4 rings (SSSR count). The Hall–Kier alpha value is -3.12. The lowest BCUT2D eigenvalue weighted by Gasteiger charge is -2.27. The minimum atomic E-state index is -3.93. The van der Waals surface area contributed by atoms with E-state index in [9.17, 15) is 13.2 Å². The molecule has 5 nitrogen and oxygen atoms in total. The molecule has 0 fully saturated rings. The van der Waals surface area contributed by atoms with Crippen molar-refractivity contribution in [2.75, 3.05) is 10.8 Å². The molecular formula is C28H32N2O3S. The van der Waals surface area contributed by atoms with Gasteiger partial charge in [0.1, 0.15) is 6.54 Å². The van der Waals surface area contributed by atoms with Gasteiger partial charge in [0, 0.05) is 0 Å². The second-order valence-electron chi connectivity index (χ2n) is 9.07. The summed E-state index contributed by atoms with van der Waals surface area (Å²) in [4.78, 5) is 13.3. The third-order valence-electron chi connectivity index (χ3n) is 6.71. The van der Waals surface area contributed by atoms with E-state index < -0.39 is 10.0 Å². The Bertz CT molecular complexity index is 1290. The first kappa shape index (κ1) is 24.0. The van der Waals surface area contributed by atoms with Crippen LogP contribution in [0.15, 0.2) is 71.6 Å². The number of rotatable bonds is 7. The van der Waals surface area contributed by atoms with Gasteiger partial charge in [0.15, 0.2) is 0 Å². The highest BCUT2D eigenvalue weighted by Gasteiger charge is 2.29. The topological polar surface area (TPSA) is 66.5 Å². The van der Waals surface area contributed by atoms with Crippen molar-refractivity contribution in [3.63, 3.8) is 0 Å². The molecule has 178 valence electrons. The van der Waals surface area contributed by atoms with E-state index in [-0.39, 0.29) is 23.4 Å². The zero-order chi connectivity index (χ0) is 24.3. The number of nitrogens with zero attached hydrogens (tertiary/aromatic N) is 1. The molecule has 6 heteroatoms. The average molecular weight is 477 g/mol. The van der Waals surface area contributed by atoms with Crippen molar-refractivity contribution in [1.29, 1.82) is 0 Å². The summed E-state index contributed by atoms with van der Waals surface area (Å²) in [6.07, 6.45) is 4.60. The molecule has 1 amide bonds. The molecule has 1 aliphatic rings. The van der Waals surface area contributed by atoms with Gasteiger partial charge in [-0.05, 0) is 92.5 Å². The van der Waals surface area contributed by atoms with Crippen LogP contribution in [-0.2, 0) is 27.7 Å². The number of benzene rings is 3.